The molecule has 110 valence electrons. The fraction of sp³-hybridized carbons (Fsp3) is 0.333. The Labute approximate surface area is 123 Å². The maximum absolute atomic E-state index is 12.0. The van der Waals surface area contributed by atoms with Crippen LogP contribution in [-0.4, -0.2) is 26.7 Å². The highest BCUT2D eigenvalue weighted by atomic mass is 16.2. The normalized spacial score (nSPS) is 12.0. The van der Waals surface area contributed by atoms with Crippen LogP contribution in [0.1, 0.15) is 41.6 Å². The van der Waals surface area contributed by atoms with Crippen molar-refractivity contribution in [1.29, 1.82) is 0 Å². The van der Waals surface area contributed by atoms with Crippen LogP contribution >= 0.6 is 0 Å². The summed E-state index contributed by atoms with van der Waals surface area (Å²) in [6.45, 7) is 5.12. The van der Waals surface area contributed by atoms with E-state index in [1.165, 1.54) is 11.6 Å². The van der Waals surface area contributed by atoms with Gasteiger partial charge in [0.05, 0.1) is 11.7 Å². The second-order valence-electron chi connectivity index (χ2n) is 4.94. The molecule has 1 atom stereocenters. The molecule has 0 aliphatic heterocycles. The minimum atomic E-state index is -0.172. The lowest BCUT2D eigenvalue weighted by Gasteiger charge is -2.14. The molecule has 6 heteroatoms. The van der Waals surface area contributed by atoms with Crippen LogP contribution in [0.3, 0.4) is 0 Å². The van der Waals surface area contributed by atoms with Gasteiger partial charge in [0.2, 0.25) is 5.91 Å². The first-order chi connectivity index (χ1) is 9.99. The van der Waals surface area contributed by atoms with Gasteiger partial charge in [0.25, 0.3) is 0 Å². The van der Waals surface area contributed by atoms with Crippen LogP contribution in [0.5, 0.6) is 0 Å². The van der Waals surface area contributed by atoms with E-state index in [9.17, 15) is 9.59 Å². The van der Waals surface area contributed by atoms with E-state index in [0.717, 1.165) is 5.56 Å². The van der Waals surface area contributed by atoms with Gasteiger partial charge in [-0.05, 0) is 19.4 Å². The van der Waals surface area contributed by atoms with Crippen LogP contribution in [0.4, 0.5) is 0 Å². The number of nitrogens with zero attached hydrogens (tertiary/aromatic N) is 3. The van der Waals surface area contributed by atoms with Crippen LogP contribution in [0.15, 0.2) is 30.3 Å². The highest BCUT2D eigenvalue weighted by molar-refractivity contribution is 5.93. The summed E-state index contributed by atoms with van der Waals surface area (Å²) in [7, 11) is 0. The van der Waals surface area contributed by atoms with Crippen molar-refractivity contribution in [3.8, 4) is 0 Å². The van der Waals surface area contributed by atoms with Gasteiger partial charge in [-0.25, -0.2) is 4.68 Å². The van der Waals surface area contributed by atoms with Gasteiger partial charge in [-0.2, -0.15) is 0 Å². The number of carbonyl (C=O) groups excluding carboxylic acids is 2. The van der Waals surface area contributed by atoms with Gasteiger partial charge < -0.3 is 5.32 Å². The summed E-state index contributed by atoms with van der Waals surface area (Å²) in [5, 5.41) is 10.5. The molecule has 21 heavy (non-hydrogen) atoms. The zero-order chi connectivity index (χ0) is 15.4. The summed E-state index contributed by atoms with van der Waals surface area (Å²) in [5.74, 6) is -0.328. The maximum atomic E-state index is 12.0. The predicted octanol–water partition coefficient (Wildman–Crippen LogP) is 1.67. The Hall–Kier alpha value is -2.50. The topological polar surface area (TPSA) is 76.9 Å². The molecule has 0 aliphatic carbocycles. The van der Waals surface area contributed by atoms with Crippen LogP contribution in [0, 0.1) is 6.92 Å². The van der Waals surface area contributed by atoms with Crippen molar-refractivity contribution in [2.45, 2.75) is 33.4 Å². The van der Waals surface area contributed by atoms with E-state index in [-0.39, 0.29) is 24.3 Å². The molecule has 0 aliphatic rings. The molecule has 1 aromatic heterocycles. The molecule has 2 rings (SSSR count). The minimum Gasteiger partial charge on any atom is -0.348 e. The third kappa shape index (κ3) is 3.53. The van der Waals surface area contributed by atoms with E-state index < -0.39 is 0 Å². The number of ketones is 1. The Morgan fingerprint density at radius 1 is 1.29 bits per heavy atom. The molecule has 1 N–H and O–H groups in total. The van der Waals surface area contributed by atoms with Gasteiger partial charge in [-0.15, -0.1) is 5.10 Å². The summed E-state index contributed by atoms with van der Waals surface area (Å²) in [4.78, 5) is 23.4. The molecule has 1 aromatic carbocycles. The molecule has 0 radical (unpaired) electrons. The largest absolute Gasteiger partial charge is 0.348 e. The standard InChI is InChI=1S/C15H18N4O2/c1-10(13-7-5-4-6-8-13)16-14(21)9-19-11(2)15(12(3)20)17-18-19/h4-8,10H,9H2,1-3H3,(H,16,21). The van der Waals surface area contributed by atoms with E-state index >= 15 is 0 Å². The molecule has 2 aromatic rings. The van der Waals surface area contributed by atoms with E-state index in [2.05, 4.69) is 15.6 Å². The minimum absolute atomic E-state index is 0.0449. The Morgan fingerprint density at radius 2 is 1.95 bits per heavy atom. The Bertz CT molecular complexity index is 649. The third-order valence-electron chi connectivity index (χ3n) is 3.29. The van der Waals surface area contributed by atoms with Crippen molar-refractivity contribution in [2.75, 3.05) is 0 Å². The number of nitrogens with one attached hydrogen (secondary N) is 1. The second kappa shape index (κ2) is 6.30. The first-order valence-corrected chi connectivity index (χ1v) is 6.74. The van der Waals surface area contributed by atoms with Crippen LogP contribution < -0.4 is 5.32 Å². The Morgan fingerprint density at radius 3 is 2.52 bits per heavy atom. The van der Waals surface area contributed by atoms with Crippen molar-refractivity contribution in [3.05, 3.63) is 47.3 Å². The zero-order valence-corrected chi connectivity index (χ0v) is 12.3. The number of hydrogen-bond acceptors (Lipinski definition) is 4. The molecule has 0 bridgehead atoms. The number of aromatic nitrogens is 3. The van der Waals surface area contributed by atoms with E-state index in [4.69, 9.17) is 0 Å². The van der Waals surface area contributed by atoms with Crippen molar-refractivity contribution in [2.24, 2.45) is 0 Å². The van der Waals surface area contributed by atoms with Crippen molar-refractivity contribution in [3.63, 3.8) is 0 Å². The summed E-state index contributed by atoms with van der Waals surface area (Å²) < 4.78 is 1.43. The maximum Gasteiger partial charge on any atom is 0.242 e. The molecule has 1 amide bonds. The molecule has 0 saturated carbocycles. The van der Waals surface area contributed by atoms with Gasteiger partial charge in [0, 0.05) is 6.92 Å². The van der Waals surface area contributed by atoms with Crippen LogP contribution in [0.2, 0.25) is 0 Å². The molecule has 0 fully saturated rings. The lowest BCUT2D eigenvalue weighted by Crippen LogP contribution is -2.30. The van der Waals surface area contributed by atoms with Gasteiger partial charge in [-0.3, -0.25) is 9.59 Å². The lowest BCUT2D eigenvalue weighted by molar-refractivity contribution is -0.122. The van der Waals surface area contributed by atoms with Gasteiger partial charge >= 0.3 is 0 Å². The van der Waals surface area contributed by atoms with Crippen molar-refractivity contribution in [1.82, 2.24) is 20.3 Å². The monoisotopic (exact) mass is 286 g/mol. The number of rotatable bonds is 5. The smallest absolute Gasteiger partial charge is 0.242 e. The zero-order valence-electron chi connectivity index (χ0n) is 12.3. The number of Topliss-reactive ketones (excluding diaryl/α,β-unsaturated/α-hetero) is 1. The fourth-order valence-corrected chi connectivity index (χ4v) is 2.08. The predicted molar refractivity (Wildman–Crippen MR) is 77.8 cm³/mol. The SMILES string of the molecule is CC(=O)c1nnn(CC(=O)NC(C)c2ccccc2)c1C. The molecule has 1 unspecified atom stereocenters. The van der Waals surface area contributed by atoms with Gasteiger partial charge in [0.15, 0.2) is 11.5 Å². The third-order valence-corrected chi connectivity index (χ3v) is 3.29. The quantitative estimate of drug-likeness (QED) is 0.848. The lowest BCUT2D eigenvalue weighted by atomic mass is 10.1. The molecular weight excluding hydrogens is 268 g/mol. The Balaban J connectivity index is 2.01. The molecule has 0 saturated heterocycles. The van der Waals surface area contributed by atoms with Gasteiger partial charge in [-0.1, -0.05) is 35.5 Å². The number of amides is 1. The van der Waals surface area contributed by atoms with Crippen molar-refractivity contribution >= 4 is 11.7 Å². The average molecular weight is 286 g/mol. The molecule has 1 heterocycles. The average Bonchev–Trinajstić information content (AvgIpc) is 2.81. The first kappa shape index (κ1) is 14.9. The van der Waals surface area contributed by atoms with Crippen molar-refractivity contribution < 1.29 is 9.59 Å². The van der Waals surface area contributed by atoms with E-state index in [0.29, 0.717) is 11.4 Å². The second-order valence-corrected chi connectivity index (χ2v) is 4.94. The molecule has 6 nitrogen and oxygen atoms in total. The number of hydrogen-bond donors (Lipinski definition) is 1. The highest BCUT2D eigenvalue weighted by Crippen LogP contribution is 2.11. The molecule has 0 spiro atoms. The van der Waals surface area contributed by atoms with Crippen LogP contribution in [0.25, 0.3) is 0 Å². The summed E-state index contributed by atoms with van der Waals surface area (Å²) in [5.41, 5.74) is 1.94. The summed E-state index contributed by atoms with van der Waals surface area (Å²) in [6, 6.07) is 9.62. The molecular formula is C15H18N4O2. The first-order valence-electron chi connectivity index (χ1n) is 6.74. The number of carbonyl (C=O) groups is 2. The summed E-state index contributed by atoms with van der Waals surface area (Å²) >= 11 is 0. The van der Waals surface area contributed by atoms with Crippen LogP contribution in [-0.2, 0) is 11.3 Å². The van der Waals surface area contributed by atoms with Gasteiger partial charge in [0.1, 0.15) is 6.54 Å². The summed E-state index contributed by atoms with van der Waals surface area (Å²) in [6.07, 6.45) is 0. The van der Waals surface area contributed by atoms with E-state index in [1.807, 2.05) is 37.3 Å². The Kier molecular flexibility index (Phi) is 4.47. The number of benzene rings is 1. The van der Waals surface area contributed by atoms with E-state index in [1.54, 1.807) is 6.92 Å². The highest BCUT2D eigenvalue weighted by Gasteiger charge is 2.15. The fourth-order valence-electron chi connectivity index (χ4n) is 2.08.